The van der Waals surface area contributed by atoms with Crippen LogP contribution in [0.5, 0.6) is 0 Å². The second-order valence-corrected chi connectivity index (χ2v) is 6.36. The van der Waals surface area contributed by atoms with Crippen molar-refractivity contribution in [3.05, 3.63) is 51.9 Å². The number of amides is 1. The summed E-state index contributed by atoms with van der Waals surface area (Å²) in [6.45, 7) is 7.37. The lowest BCUT2D eigenvalue weighted by atomic mass is 10.1. The molecule has 0 aliphatic carbocycles. The zero-order valence-corrected chi connectivity index (χ0v) is 13.7. The van der Waals surface area contributed by atoms with Gasteiger partial charge < -0.3 is 10.2 Å². The Bertz CT molecular complexity index is 750. The van der Waals surface area contributed by atoms with Crippen LogP contribution in [-0.2, 0) is 0 Å². The number of carbonyl (C=O) groups excluding carboxylic acids is 1. The number of benzene rings is 1. The topological polar surface area (TPSA) is 70.1 Å². The van der Waals surface area contributed by atoms with Crippen LogP contribution < -0.4 is 10.9 Å². The zero-order chi connectivity index (χ0) is 16.6. The van der Waals surface area contributed by atoms with Crippen LogP contribution >= 0.6 is 0 Å². The molecule has 2 heterocycles. The summed E-state index contributed by atoms with van der Waals surface area (Å²) in [5.74, 6) is -0.131. The van der Waals surface area contributed by atoms with Crippen molar-refractivity contribution in [2.75, 3.05) is 13.1 Å². The second-order valence-electron chi connectivity index (χ2n) is 6.36. The predicted molar refractivity (Wildman–Crippen MR) is 89.1 cm³/mol. The first-order valence-electron chi connectivity index (χ1n) is 7.88. The summed E-state index contributed by atoms with van der Waals surface area (Å²) in [6.07, 6.45) is 0. The van der Waals surface area contributed by atoms with E-state index in [2.05, 4.69) is 24.3 Å². The molecule has 3 rings (SSSR count). The molecule has 2 atom stereocenters. The number of aryl methyl sites for hydroxylation is 1. The second kappa shape index (κ2) is 6.04. The molecule has 1 aliphatic heterocycles. The molecule has 2 aromatic rings. The van der Waals surface area contributed by atoms with Crippen molar-refractivity contribution in [3.8, 4) is 5.69 Å². The van der Waals surface area contributed by atoms with E-state index < -0.39 is 0 Å². The fourth-order valence-corrected chi connectivity index (χ4v) is 3.05. The van der Waals surface area contributed by atoms with Crippen molar-refractivity contribution in [1.82, 2.24) is 20.0 Å². The molecule has 0 bridgehead atoms. The number of hydrogen-bond donors (Lipinski definition) is 2. The van der Waals surface area contributed by atoms with E-state index in [4.69, 9.17) is 0 Å². The summed E-state index contributed by atoms with van der Waals surface area (Å²) in [5.41, 5.74) is 1.94. The standard InChI is InChI=1S/C17H22N4O2/c1-11-4-6-14(7-5-11)21-16(22)8-15(19-21)17(23)20-9-12(2)18-13(3)10-20/h4-8,12-13,18-19H,9-10H2,1-3H3/t12-,13-/m0/s1. The maximum absolute atomic E-state index is 12.7. The summed E-state index contributed by atoms with van der Waals surface area (Å²) < 4.78 is 1.40. The third-order valence-corrected chi connectivity index (χ3v) is 4.09. The number of carbonyl (C=O) groups is 1. The quantitative estimate of drug-likeness (QED) is 0.878. The molecule has 122 valence electrons. The number of hydrogen-bond acceptors (Lipinski definition) is 3. The molecule has 0 radical (unpaired) electrons. The van der Waals surface area contributed by atoms with Gasteiger partial charge in [0.1, 0.15) is 5.69 Å². The van der Waals surface area contributed by atoms with E-state index >= 15 is 0 Å². The highest BCUT2D eigenvalue weighted by molar-refractivity contribution is 5.92. The maximum atomic E-state index is 12.7. The number of piperazine rings is 1. The number of H-pyrrole nitrogens is 1. The molecule has 1 saturated heterocycles. The molecule has 1 aromatic carbocycles. The highest BCUT2D eigenvalue weighted by Crippen LogP contribution is 2.10. The number of nitrogens with zero attached hydrogens (tertiary/aromatic N) is 2. The summed E-state index contributed by atoms with van der Waals surface area (Å²) in [7, 11) is 0. The Morgan fingerprint density at radius 3 is 2.35 bits per heavy atom. The first-order chi connectivity index (χ1) is 10.9. The van der Waals surface area contributed by atoms with Crippen molar-refractivity contribution >= 4 is 5.91 Å². The number of aromatic amines is 1. The van der Waals surface area contributed by atoms with E-state index in [1.54, 1.807) is 4.90 Å². The Labute approximate surface area is 135 Å². The van der Waals surface area contributed by atoms with Gasteiger partial charge in [-0.1, -0.05) is 17.7 Å². The largest absolute Gasteiger partial charge is 0.334 e. The van der Waals surface area contributed by atoms with Gasteiger partial charge in [0.2, 0.25) is 0 Å². The van der Waals surface area contributed by atoms with E-state index in [-0.39, 0.29) is 23.6 Å². The lowest BCUT2D eigenvalue weighted by Crippen LogP contribution is -2.55. The molecular formula is C17H22N4O2. The summed E-state index contributed by atoms with van der Waals surface area (Å²) in [6, 6.07) is 9.45. The molecule has 0 spiro atoms. The molecule has 0 saturated carbocycles. The maximum Gasteiger partial charge on any atom is 0.272 e. The summed E-state index contributed by atoms with van der Waals surface area (Å²) in [4.78, 5) is 26.6. The third-order valence-electron chi connectivity index (χ3n) is 4.09. The minimum absolute atomic E-state index is 0.131. The average molecular weight is 314 g/mol. The summed E-state index contributed by atoms with van der Waals surface area (Å²) in [5, 5.41) is 6.33. The van der Waals surface area contributed by atoms with Gasteiger partial charge in [-0.2, -0.15) is 0 Å². The monoisotopic (exact) mass is 314 g/mol. The van der Waals surface area contributed by atoms with Crippen molar-refractivity contribution in [1.29, 1.82) is 0 Å². The average Bonchev–Trinajstić information content (AvgIpc) is 2.88. The zero-order valence-electron chi connectivity index (χ0n) is 13.7. The predicted octanol–water partition coefficient (Wildman–Crippen LogP) is 1.30. The normalized spacial score (nSPS) is 21.4. The van der Waals surface area contributed by atoms with Gasteiger partial charge in [0.15, 0.2) is 0 Å². The van der Waals surface area contributed by atoms with Crippen molar-refractivity contribution in [3.63, 3.8) is 0 Å². The van der Waals surface area contributed by atoms with Crippen molar-refractivity contribution in [2.45, 2.75) is 32.9 Å². The molecule has 23 heavy (non-hydrogen) atoms. The number of rotatable bonds is 2. The van der Waals surface area contributed by atoms with Crippen LogP contribution in [0.2, 0.25) is 0 Å². The number of aromatic nitrogens is 2. The van der Waals surface area contributed by atoms with Crippen LogP contribution in [0.4, 0.5) is 0 Å². The Morgan fingerprint density at radius 2 is 1.74 bits per heavy atom. The van der Waals surface area contributed by atoms with Crippen LogP contribution in [0.3, 0.4) is 0 Å². The minimum atomic E-state index is -0.228. The van der Waals surface area contributed by atoms with E-state index in [9.17, 15) is 9.59 Å². The van der Waals surface area contributed by atoms with Gasteiger partial charge >= 0.3 is 0 Å². The van der Waals surface area contributed by atoms with E-state index in [1.165, 1.54) is 10.7 Å². The SMILES string of the molecule is Cc1ccc(-n2[nH]c(C(=O)N3C[C@H](C)N[C@@H](C)C3)cc2=O)cc1. The van der Waals surface area contributed by atoms with Crippen LogP contribution in [0.25, 0.3) is 5.69 Å². The molecule has 6 heteroatoms. The minimum Gasteiger partial charge on any atom is -0.334 e. The first kappa shape index (κ1) is 15.6. The highest BCUT2D eigenvalue weighted by Gasteiger charge is 2.26. The van der Waals surface area contributed by atoms with Crippen LogP contribution in [0.15, 0.2) is 35.1 Å². The molecule has 0 unspecified atom stereocenters. The van der Waals surface area contributed by atoms with Crippen LogP contribution in [-0.4, -0.2) is 45.8 Å². The third kappa shape index (κ3) is 3.22. The van der Waals surface area contributed by atoms with Crippen molar-refractivity contribution in [2.24, 2.45) is 0 Å². The van der Waals surface area contributed by atoms with Crippen LogP contribution in [0.1, 0.15) is 29.9 Å². The molecular weight excluding hydrogens is 292 g/mol. The Kier molecular flexibility index (Phi) is 4.09. The van der Waals surface area contributed by atoms with Gasteiger partial charge in [-0.25, -0.2) is 4.68 Å². The van der Waals surface area contributed by atoms with E-state index in [0.29, 0.717) is 18.8 Å². The van der Waals surface area contributed by atoms with Crippen LogP contribution in [0, 0.1) is 6.92 Å². The molecule has 1 aliphatic rings. The van der Waals surface area contributed by atoms with Gasteiger partial charge in [-0.3, -0.25) is 14.7 Å². The fraction of sp³-hybridized carbons (Fsp3) is 0.412. The first-order valence-corrected chi connectivity index (χ1v) is 7.88. The Morgan fingerprint density at radius 1 is 1.13 bits per heavy atom. The Balaban J connectivity index is 1.87. The lowest BCUT2D eigenvalue weighted by molar-refractivity contribution is 0.0667. The van der Waals surface area contributed by atoms with E-state index in [0.717, 1.165) is 11.3 Å². The fourth-order valence-electron chi connectivity index (χ4n) is 3.05. The smallest absolute Gasteiger partial charge is 0.272 e. The molecule has 2 N–H and O–H groups in total. The summed E-state index contributed by atoms with van der Waals surface area (Å²) >= 11 is 0. The molecule has 1 amide bonds. The van der Waals surface area contributed by atoms with Gasteiger partial charge in [-0.15, -0.1) is 0 Å². The number of nitrogens with one attached hydrogen (secondary N) is 2. The highest BCUT2D eigenvalue weighted by atomic mass is 16.2. The molecule has 1 fully saturated rings. The van der Waals surface area contributed by atoms with Gasteiger partial charge in [-0.05, 0) is 32.9 Å². The van der Waals surface area contributed by atoms with Gasteiger partial charge in [0, 0.05) is 31.2 Å². The van der Waals surface area contributed by atoms with Gasteiger partial charge in [0.25, 0.3) is 11.5 Å². The lowest BCUT2D eigenvalue weighted by Gasteiger charge is -2.35. The van der Waals surface area contributed by atoms with Gasteiger partial charge in [0.05, 0.1) is 5.69 Å². The molecule has 1 aromatic heterocycles. The molecule has 6 nitrogen and oxygen atoms in total. The van der Waals surface area contributed by atoms with E-state index in [1.807, 2.05) is 31.2 Å². The Hall–Kier alpha value is -2.34. The van der Waals surface area contributed by atoms with Crippen molar-refractivity contribution < 1.29 is 4.79 Å².